The third-order valence-electron chi connectivity index (χ3n) is 2.34. The highest BCUT2D eigenvalue weighted by Crippen LogP contribution is 2.21. The molecule has 18 heavy (non-hydrogen) atoms. The van der Waals surface area contributed by atoms with Gasteiger partial charge in [-0.3, -0.25) is 9.00 Å². The molecule has 100 valence electrons. The third kappa shape index (κ3) is 3.78. The van der Waals surface area contributed by atoms with E-state index in [9.17, 15) is 13.6 Å². The molecule has 1 unspecified atom stereocenters. The summed E-state index contributed by atoms with van der Waals surface area (Å²) in [4.78, 5) is 13.3. The first kappa shape index (κ1) is 15.1. The molecule has 1 atom stereocenters. The smallest absolute Gasteiger partial charge is 0.253 e. The average molecular weight is 291 g/mol. The second kappa shape index (κ2) is 6.84. The predicted molar refractivity (Wildman–Crippen MR) is 67.5 cm³/mol. The molecule has 0 aromatic heterocycles. The number of hydrogen-bond donors (Lipinski definition) is 0. The standard InChI is InChI=1S/C11H14ClNO4S/c1-13(5-6-17-2)11(14)8-3-4-9(12)10(7-8)18(15)16/h3-4,7H,5-6H2,1-2H3,(H,15,16)/p-1. The maximum absolute atomic E-state index is 12.0. The van der Waals surface area contributed by atoms with Crippen LogP contribution in [0, 0.1) is 0 Å². The van der Waals surface area contributed by atoms with Crippen LogP contribution in [0.2, 0.25) is 5.02 Å². The highest BCUT2D eigenvalue weighted by atomic mass is 35.5. The molecule has 0 bridgehead atoms. The zero-order valence-electron chi connectivity index (χ0n) is 10.0. The van der Waals surface area contributed by atoms with Crippen molar-refractivity contribution < 1.29 is 18.3 Å². The Hall–Kier alpha value is -0.950. The van der Waals surface area contributed by atoms with Crippen molar-refractivity contribution in [2.75, 3.05) is 27.3 Å². The van der Waals surface area contributed by atoms with E-state index in [1.54, 1.807) is 14.2 Å². The fourth-order valence-electron chi connectivity index (χ4n) is 1.31. The zero-order chi connectivity index (χ0) is 13.7. The molecular weight excluding hydrogens is 278 g/mol. The van der Waals surface area contributed by atoms with Crippen LogP contribution in [0.1, 0.15) is 10.4 Å². The van der Waals surface area contributed by atoms with Crippen LogP contribution in [0.4, 0.5) is 0 Å². The predicted octanol–water partition coefficient (Wildman–Crippen LogP) is 1.30. The van der Waals surface area contributed by atoms with Gasteiger partial charge < -0.3 is 14.2 Å². The summed E-state index contributed by atoms with van der Waals surface area (Å²) in [7, 11) is 3.16. The van der Waals surface area contributed by atoms with Crippen LogP contribution >= 0.6 is 11.6 Å². The summed E-state index contributed by atoms with van der Waals surface area (Å²) >= 11 is 3.26. The number of methoxy groups -OCH3 is 1. The average Bonchev–Trinajstić information content (AvgIpc) is 2.35. The van der Waals surface area contributed by atoms with E-state index in [4.69, 9.17) is 16.3 Å². The van der Waals surface area contributed by atoms with Gasteiger partial charge in [-0.1, -0.05) is 11.6 Å². The summed E-state index contributed by atoms with van der Waals surface area (Å²) in [6.07, 6.45) is 0. The lowest BCUT2D eigenvalue weighted by Gasteiger charge is -2.17. The minimum absolute atomic E-state index is 0.0809. The van der Waals surface area contributed by atoms with E-state index in [1.165, 1.54) is 23.1 Å². The normalized spacial score (nSPS) is 12.2. The van der Waals surface area contributed by atoms with Crippen LogP contribution < -0.4 is 0 Å². The summed E-state index contributed by atoms with van der Waals surface area (Å²) in [6.45, 7) is 0.837. The largest absolute Gasteiger partial charge is 0.768 e. The molecule has 0 saturated heterocycles. The van der Waals surface area contributed by atoms with E-state index in [0.29, 0.717) is 13.2 Å². The van der Waals surface area contributed by atoms with Gasteiger partial charge >= 0.3 is 0 Å². The van der Waals surface area contributed by atoms with Gasteiger partial charge in [-0.15, -0.1) is 0 Å². The van der Waals surface area contributed by atoms with Gasteiger partial charge in [-0.25, -0.2) is 0 Å². The number of amides is 1. The quantitative estimate of drug-likeness (QED) is 0.766. The topological polar surface area (TPSA) is 69.7 Å². The minimum Gasteiger partial charge on any atom is -0.768 e. The molecule has 0 N–H and O–H groups in total. The number of nitrogens with zero attached hydrogens (tertiary/aromatic N) is 1. The van der Waals surface area contributed by atoms with Gasteiger partial charge in [0.25, 0.3) is 5.91 Å². The van der Waals surface area contributed by atoms with E-state index >= 15 is 0 Å². The van der Waals surface area contributed by atoms with E-state index in [1.807, 2.05) is 0 Å². The number of hydrogen-bond acceptors (Lipinski definition) is 4. The van der Waals surface area contributed by atoms with Crippen molar-refractivity contribution in [3.05, 3.63) is 28.8 Å². The van der Waals surface area contributed by atoms with Gasteiger partial charge in [0.15, 0.2) is 0 Å². The van der Waals surface area contributed by atoms with Crippen molar-refractivity contribution in [1.82, 2.24) is 4.90 Å². The number of carbonyl (C=O) groups is 1. The van der Waals surface area contributed by atoms with Crippen molar-refractivity contribution in [2.45, 2.75) is 4.90 Å². The number of likely N-dealkylation sites (N-methyl/N-ethyl adjacent to an activating group) is 1. The third-order valence-corrected chi connectivity index (χ3v) is 3.47. The Morgan fingerprint density at radius 3 is 2.78 bits per heavy atom. The Bertz CT molecular complexity index is 466. The molecule has 0 radical (unpaired) electrons. The summed E-state index contributed by atoms with van der Waals surface area (Å²) in [5.41, 5.74) is 0.275. The highest BCUT2D eigenvalue weighted by Gasteiger charge is 2.13. The number of rotatable bonds is 5. The van der Waals surface area contributed by atoms with Gasteiger partial charge in [0.1, 0.15) is 0 Å². The first-order valence-corrected chi connectivity index (χ1v) is 6.56. The molecule has 1 aromatic carbocycles. The molecular formula is C11H13ClNO4S-. The number of halogens is 1. The first-order chi connectivity index (χ1) is 8.47. The van der Waals surface area contributed by atoms with Crippen LogP contribution in [0.15, 0.2) is 23.1 Å². The van der Waals surface area contributed by atoms with Crippen molar-refractivity contribution in [3.8, 4) is 0 Å². The second-order valence-electron chi connectivity index (χ2n) is 3.60. The zero-order valence-corrected chi connectivity index (χ0v) is 11.6. The van der Waals surface area contributed by atoms with Crippen molar-refractivity contribution >= 4 is 28.6 Å². The Labute approximate surface area is 113 Å². The lowest BCUT2D eigenvalue weighted by atomic mass is 10.2. The summed E-state index contributed by atoms with van der Waals surface area (Å²) in [6, 6.07) is 4.14. The van der Waals surface area contributed by atoms with Crippen LogP contribution in [0.25, 0.3) is 0 Å². The number of ether oxygens (including phenoxy) is 1. The van der Waals surface area contributed by atoms with Crippen LogP contribution in [0.3, 0.4) is 0 Å². The number of carbonyl (C=O) groups excluding carboxylic acids is 1. The van der Waals surface area contributed by atoms with E-state index in [0.717, 1.165) is 0 Å². The monoisotopic (exact) mass is 290 g/mol. The molecule has 0 aliphatic carbocycles. The van der Waals surface area contributed by atoms with Crippen LogP contribution in [0.5, 0.6) is 0 Å². The molecule has 0 fully saturated rings. The highest BCUT2D eigenvalue weighted by molar-refractivity contribution is 7.79. The lowest BCUT2D eigenvalue weighted by Crippen LogP contribution is -2.30. The van der Waals surface area contributed by atoms with Crippen LogP contribution in [-0.2, 0) is 15.8 Å². The second-order valence-corrected chi connectivity index (χ2v) is 4.92. The Balaban J connectivity index is 2.93. The molecule has 1 rings (SSSR count). The molecule has 0 saturated carbocycles. The molecule has 0 spiro atoms. The minimum atomic E-state index is -2.46. The SMILES string of the molecule is COCCN(C)C(=O)c1ccc(Cl)c(S(=O)[O-])c1. The maximum atomic E-state index is 12.0. The fraction of sp³-hybridized carbons (Fsp3) is 0.364. The van der Waals surface area contributed by atoms with Gasteiger partial charge in [-0.05, 0) is 29.3 Å². The molecule has 0 aliphatic heterocycles. The number of benzene rings is 1. The molecule has 0 heterocycles. The lowest BCUT2D eigenvalue weighted by molar-refractivity contribution is 0.0744. The fourth-order valence-corrected chi connectivity index (χ4v) is 2.07. The van der Waals surface area contributed by atoms with Crippen molar-refractivity contribution in [1.29, 1.82) is 0 Å². The summed E-state index contributed by atoms with van der Waals surface area (Å²) in [5.74, 6) is -0.282. The Morgan fingerprint density at radius 1 is 1.56 bits per heavy atom. The maximum Gasteiger partial charge on any atom is 0.253 e. The molecule has 0 aliphatic rings. The van der Waals surface area contributed by atoms with Crippen molar-refractivity contribution in [3.63, 3.8) is 0 Å². The van der Waals surface area contributed by atoms with Gasteiger partial charge in [0, 0.05) is 31.2 Å². The van der Waals surface area contributed by atoms with E-state index < -0.39 is 11.1 Å². The molecule has 1 aromatic rings. The summed E-state index contributed by atoms with van der Waals surface area (Å²) < 4.78 is 26.7. The van der Waals surface area contributed by atoms with Crippen molar-refractivity contribution in [2.24, 2.45) is 0 Å². The molecule has 5 nitrogen and oxygen atoms in total. The molecule has 7 heteroatoms. The Morgan fingerprint density at radius 2 is 2.22 bits per heavy atom. The summed E-state index contributed by atoms with van der Waals surface area (Å²) in [5, 5.41) is 0.0967. The van der Waals surface area contributed by atoms with E-state index in [-0.39, 0.29) is 21.4 Å². The van der Waals surface area contributed by atoms with Gasteiger partial charge in [-0.2, -0.15) is 0 Å². The van der Waals surface area contributed by atoms with E-state index in [2.05, 4.69) is 0 Å². The van der Waals surface area contributed by atoms with Gasteiger partial charge in [0.2, 0.25) is 0 Å². The molecule has 1 amide bonds. The van der Waals surface area contributed by atoms with Gasteiger partial charge in [0.05, 0.1) is 11.6 Å². The first-order valence-electron chi connectivity index (χ1n) is 5.10. The van der Waals surface area contributed by atoms with Crippen LogP contribution in [-0.4, -0.2) is 46.9 Å². The Kier molecular flexibility index (Phi) is 5.74.